The number of methoxy groups -OCH3 is 2. The first-order chi connectivity index (χ1) is 11.4. The van der Waals surface area contributed by atoms with Crippen molar-refractivity contribution in [1.82, 2.24) is 0 Å². The zero-order valence-corrected chi connectivity index (χ0v) is 15.1. The highest BCUT2D eigenvalue weighted by Gasteiger charge is 2.17. The summed E-state index contributed by atoms with van der Waals surface area (Å²) >= 11 is 3.97. The fraction of sp³-hybridized carbons (Fsp3) is 0.412. The smallest absolute Gasteiger partial charge is 0.300 e. The minimum Gasteiger partial charge on any atom is -0.493 e. The molecule has 0 saturated heterocycles. The van der Waals surface area contributed by atoms with E-state index in [0.29, 0.717) is 11.7 Å². The molecule has 6 nitrogen and oxygen atoms in total. The highest BCUT2D eigenvalue weighted by atomic mass is 32.1. The van der Waals surface area contributed by atoms with E-state index in [0.717, 1.165) is 37.7 Å². The topological polar surface area (TPSA) is 94.1 Å². The minimum atomic E-state index is -0.833. The number of benzene rings is 1. The summed E-state index contributed by atoms with van der Waals surface area (Å²) in [6.45, 7) is 1.64. The Morgan fingerprint density at radius 3 is 2.46 bits per heavy atom. The Morgan fingerprint density at radius 2 is 1.92 bits per heavy atom. The van der Waals surface area contributed by atoms with E-state index in [1.165, 1.54) is 16.7 Å². The molecule has 1 aromatic carbocycles. The lowest BCUT2D eigenvalue weighted by molar-refractivity contribution is -0.134. The van der Waals surface area contributed by atoms with Crippen LogP contribution in [0.1, 0.15) is 30.9 Å². The number of hydrogen-bond acceptors (Lipinski definition) is 4. The molecule has 7 heteroatoms. The largest absolute Gasteiger partial charge is 0.493 e. The van der Waals surface area contributed by atoms with Gasteiger partial charge in [0, 0.05) is 6.92 Å². The van der Waals surface area contributed by atoms with Gasteiger partial charge in [-0.25, -0.2) is 0 Å². The first-order valence-corrected chi connectivity index (χ1v) is 7.96. The van der Waals surface area contributed by atoms with Crippen molar-refractivity contribution in [1.29, 1.82) is 0 Å². The fourth-order valence-electron chi connectivity index (χ4n) is 2.49. The number of carboxylic acids is 1. The molecule has 0 bridgehead atoms. The first-order valence-electron chi connectivity index (χ1n) is 7.51. The lowest BCUT2D eigenvalue weighted by Gasteiger charge is -2.21. The molecule has 24 heavy (non-hydrogen) atoms. The maximum absolute atomic E-state index is 9.00. The van der Waals surface area contributed by atoms with Crippen molar-refractivity contribution in [3.63, 3.8) is 0 Å². The number of nitrogens with zero attached hydrogens (tertiary/aromatic N) is 1. The molecule has 0 unspecified atom stereocenters. The minimum absolute atomic E-state index is 0.310. The second-order valence-electron chi connectivity index (χ2n) is 5.17. The summed E-state index contributed by atoms with van der Waals surface area (Å²) in [6, 6.07) is 4.12. The second-order valence-corrected chi connectivity index (χ2v) is 5.62. The highest BCUT2D eigenvalue weighted by molar-refractivity contribution is 7.96. The second kappa shape index (κ2) is 9.87. The third-order valence-corrected chi connectivity index (χ3v) is 3.58. The third kappa shape index (κ3) is 6.16. The molecule has 1 aliphatic rings. The number of hydrogen-bond donors (Lipinski definition) is 3. The fourth-order valence-corrected chi connectivity index (χ4v) is 2.57. The number of ether oxygens (including phenoxy) is 2. The molecule has 0 saturated carbocycles. The Morgan fingerprint density at radius 1 is 1.33 bits per heavy atom. The molecule has 0 heterocycles. The Kier molecular flexibility index (Phi) is 8.18. The number of nitrogens with two attached hydrogens (primary N) is 1. The van der Waals surface area contributed by atoms with Crippen LogP contribution in [0.5, 0.6) is 11.5 Å². The van der Waals surface area contributed by atoms with Gasteiger partial charge in [0.25, 0.3) is 5.97 Å². The van der Waals surface area contributed by atoms with Gasteiger partial charge in [-0.05, 0) is 48.1 Å². The molecule has 132 valence electrons. The van der Waals surface area contributed by atoms with Crippen LogP contribution in [0.3, 0.4) is 0 Å². The van der Waals surface area contributed by atoms with Gasteiger partial charge in [0.15, 0.2) is 16.7 Å². The Labute approximate surface area is 147 Å². The van der Waals surface area contributed by atoms with Crippen LogP contribution >= 0.6 is 12.6 Å². The van der Waals surface area contributed by atoms with Gasteiger partial charge in [-0.15, -0.1) is 12.6 Å². The zero-order valence-electron chi connectivity index (χ0n) is 14.2. The van der Waals surface area contributed by atoms with Crippen molar-refractivity contribution < 1.29 is 19.4 Å². The molecule has 0 aliphatic heterocycles. The standard InChI is InChI=1S/C15H20N2O2S.C2H4O2/c1-18-13-8-11-5-3-4-10(6-7-17-15(16)20)12(11)9-14(13)19-2;1-2(3)4/h6,8-9H,3-5,7H2,1-2H3,(H3,16,17,20);1H3,(H,3,4). The van der Waals surface area contributed by atoms with E-state index in [9.17, 15) is 0 Å². The molecule has 0 atom stereocenters. The van der Waals surface area contributed by atoms with E-state index in [2.05, 4.69) is 29.8 Å². The number of allylic oxidation sites excluding steroid dienone is 1. The van der Waals surface area contributed by atoms with Gasteiger partial charge in [-0.3, -0.25) is 9.79 Å². The average molecular weight is 352 g/mol. The summed E-state index contributed by atoms with van der Waals surface area (Å²) in [5.41, 5.74) is 9.24. The molecular weight excluding hydrogens is 328 g/mol. The quantitative estimate of drug-likeness (QED) is 0.440. The van der Waals surface area contributed by atoms with E-state index < -0.39 is 5.97 Å². The van der Waals surface area contributed by atoms with Crippen LogP contribution in [0.4, 0.5) is 0 Å². The Bertz CT molecular complexity index is 634. The van der Waals surface area contributed by atoms with E-state index in [1.807, 2.05) is 6.07 Å². The van der Waals surface area contributed by atoms with E-state index >= 15 is 0 Å². The summed E-state index contributed by atoms with van der Waals surface area (Å²) < 4.78 is 10.7. The van der Waals surface area contributed by atoms with Crippen LogP contribution in [0.2, 0.25) is 0 Å². The molecule has 0 fully saturated rings. The van der Waals surface area contributed by atoms with Crippen molar-refractivity contribution in [2.75, 3.05) is 20.8 Å². The monoisotopic (exact) mass is 352 g/mol. The number of carboxylic acid groups (broad SMARTS) is 1. The predicted molar refractivity (Wildman–Crippen MR) is 99.2 cm³/mol. The summed E-state index contributed by atoms with van der Waals surface area (Å²) in [4.78, 5) is 13.1. The van der Waals surface area contributed by atoms with Gasteiger partial charge < -0.3 is 20.3 Å². The number of fused-ring (bicyclic) bond motifs is 1. The van der Waals surface area contributed by atoms with Gasteiger partial charge in [0.05, 0.1) is 20.8 Å². The average Bonchev–Trinajstić information content (AvgIpc) is 2.52. The molecule has 1 aliphatic carbocycles. The van der Waals surface area contributed by atoms with Crippen molar-refractivity contribution in [3.8, 4) is 11.5 Å². The third-order valence-electron chi connectivity index (χ3n) is 3.44. The summed E-state index contributed by atoms with van der Waals surface area (Å²) in [6.07, 6.45) is 5.34. The molecule has 0 spiro atoms. The summed E-state index contributed by atoms with van der Waals surface area (Å²) in [5, 5.41) is 7.73. The number of aryl methyl sites for hydroxylation is 1. The van der Waals surface area contributed by atoms with Gasteiger partial charge >= 0.3 is 0 Å². The Balaban J connectivity index is 0.000000648. The summed E-state index contributed by atoms with van der Waals surface area (Å²) in [5.74, 6) is 0.710. The molecule has 1 aromatic rings. The van der Waals surface area contributed by atoms with Crippen LogP contribution < -0.4 is 15.2 Å². The molecule has 0 aromatic heterocycles. The number of carbonyl (C=O) groups is 1. The lowest BCUT2D eigenvalue weighted by atomic mass is 9.86. The maximum atomic E-state index is 9.00. The van der Waals surface area contributed by atoms with Crippen LogP contribution in [0, 0.1) is 0 Å². The number of amidine groups is 1. The van der Waals surface area contributed by atoms with Gasteiger partial charge in [0.2, 0.25) is 0 Å². The number of thiol groups is 1. The van der Waals surface area contributed by atoms with Crippen molar-refractivity contribution in [3.05, 3.63) is 29.3 Å². The van der Waals surface area contributed by atoms with Gasteiger partial charge in [-0.1, -0.05) is 6.08 Å². The van der Waals surface area contributed by atoms with Crippen molar-refractivity contribution in [2.24, 2.45) is 10.7 Å². The molecule has 0 radical (unpaired) electrons. The van der Waals surface area contributed by atoms with E-state index in [1.54, 1.807) is 14.2 Å². The lowest BCUT2D eigenvalue weighted by Crippen LogP contribution is -2.05. The molecule has 2 rings (SSSR count). The van der Waals surface area contributed by atoms with Crippen molar-refractivity contribution in [2.45, 2.75) is 26.2 Å². The predicted octanol–water partition coefficient (Wildman–Crippen LogP) is 2.76. The Hall–Kier alpha value is -2.15. The van der Waals surface area contributed by atoms with E-state index in [-0.39, 0.29) is 0 Å². The molecule has 3 N–H and O–H groups in total. The summed E-state index contributed by atoms with van der Waals surface area (Å²) in [7, 11) is 3.32. The first kappa shape index (κ1) is 19.9. The van der Waals surface area contributed by atoms with Crippen LogP contribution in [-0.2, 0) is 11.2 Å². The van der Waals surface area contributed by atoms with Crippen molar-refractivity contribution >= 4 is 29.3 Å². The number of aliphatic imine (C=N–C) groups is 1. The highest BCUT2D eigenvalue weighted by Crippen LogP contribution is 2.38. The molecular formula is C17H24N2O4S. The molecule has 0 amide bonds. The van der Waals surface area contributed by atoms with Gasteiger partial charge in [-0.2, -0.15) is 0 Å². The number of rotatable bonds is 4. The van der Waals surface area contributed by atoms with Crippen LogP contribution in [0.25, 0.3) is 5.57 Å². The SMILES string of the molecule is CC(=O)O.COc1cc2c(cc1OC)C(=CCN=C(N)S)CCC2. The number of aliphatic carboxylic acids is 1. The maximum Gasteiger partial charge on any atom is 0.300 e. The van der Waals surface area contributed by atoms with Crippen LogP contribution in [-0.4, -0.2) is 37.0 Å². The van der Waals surface area contributed by atoms with E-state index in [4.69, 9.17) is 25.1 Å². The van der Waals surface area contributed by atoms with Crippen LogP contribution in [0.15, 0.2) is 23.2 Å². The van der Waals surface area contributed by atoms with Gasteiger partial charge in [0.1, 0.15) is 0 Å². The zero-order chi connectivity index (χ0) is 18.1. The normalized spacial score (nSPS) is 15.2.